The Morgan fingerprint density at radius 2 is 2.11 bits per heavy atom. The summed E-state index contributed by atoms with van der Waals surface area (Å²) in [6.45, 7) is 1.52. The molecule has 1 rings (SSSR count). The van der Waals surface area contributed by atoms with Gasteiger partial charge in [-0.25, -0.2) is 9.59 Å². The summed E-state index contributed by atoms with van der Waals surface area (Å²) < 4.78 is 0.710. The molecule has 0 aliphatic rings. The lowest BCUT2D eigenvalue weighted by atomic mass is 10.2. The molecule has 4 N–H and O–H groups in total. The maximum absolute atomic E-state index is 11.5. The highest BCUT2D eigenvalue weighted by atomic mass is 79.9. The molecule has 0 radical (unpaired) electrons. The number of halogens is 1. The molecule has 0 aliphatic heterocycles. The van der Waals surface area contributed by atoms with Gasteiger partial charge in [-0.15, -0.1) is 0 Å². The van der Waals surface area contributed by atoms with Crippen molar-refractivity contribution in [1.29, 1.82) is 0 Å². The summed E-state index contributed by atoms with van der Waals surface area (Å²) in [7, 11) is 0. The van der Waals surface area contributed by atoms with E-state index < -0.39 is 18.1 Å². The maximum atomic E-state index is 11.5. The third-order valence-electron chi connectivity index (χ3n) is 2.11. The van der Waals surface area contributed by atoms with E-state index in [1.807, 2.05) is 13.0 Å². The Balaban J connectivity index is 2.54. The molecule has 18 heavy (non-hydrogen) atoms. The van der Waals surface area contributed by atoms with Crippen LogP contribution in [0.2, 0.25) is 0 Å². The standard InChI is InChI=1S/C11H13BrN2O4/c1-6-2-3-7(12)8(4-6)14-11(18)13-5-9(15)10(16)17/h2-4,9,15H,5H2,1H3,(H,16,17)(H2,13,14,18). The van der Waals surface area contributed by atoms with Crippen molar-refractivity contribution in [2.24, 2.45) is 0 Å². The fourth-order valence-electron chi connectivity index (χ4n) is 1.18. The molecular formula is C11H13BrN2O4. The van der Waals surface area contributed by atoms with Gasteiger partial charge < -0.3 is 20.8 Å². The van der Waals surface area contributed by atoms with Crippen molar-refractivity contribution in [3.8, 4) is 0 Å². The van der Waals surface area contributed by atoms with Gasteiger partial charge in [0.2, 0.25) is 0 Å². The topological polar surface area (TPSA) is 98.7 Å². The van der Waals surface area contributed by atoms with Crippen LogP contribution in [0.1, 0.15) is 5.56 Å². The van der Waals surface area contributed by atoms with Crippen molar-refractivity contribution in [2.75, 3.05) is 11.9 Å². The van der Waals surface area contributed by atoms with Gasteiger partial charge in [-0.05, 0) is 40.5 Å². The van der Waals surface area contributed by atoms with Crippen LogP contribution < -0.4 is 10.6 Å². The van der Waals surface area contributed by atoms with Gasteiger partial charge in [0.05, 0.1) is 12.2 Å². The van der Waals surface area contributed by atoms with Gasteiger partial charge in [0, 0.05) is 4.47 Å². The first-order valence-corrected chi connectivity index (χ1v) is 5.91. The van der Waals surface area contributed by atoms with Gasteiger partial charge in [0.25, 0.3) is 0 Å². The fourth-order valence-corrected chi connectivity index (χ4v) is 1.52. The Morgan fingerprint density at radius 3 is 2.72 bits per heavy atom. The Kier molecular flexibility index (Phi) is 5.11. The highest BCUT2D eigenvalue weighted by molar-refractivity contribution is 9.10. The number of carboxylic acids is 1. The number of carbonyl (C=O) groups excluding carboxylic acids is 1. The van der Waals surface area contributed by atoms with Crippen molar-refractivity contribution in [2.45, 2.75) is 13.0 Å². The molecule has 6 nitrogen and oxygen atoms in total. The predicted molar refractivity (Wildman–Crippen MR) is 69.5 cm³/mol. The number of hydrogen-bond acceptors (Lipinski definition) is 3. The summed E-state index contributed by atoms with van der Waals surface area (Å²) in [5.74, 6) is -1.38. The molecule has 1 unspecified atom stereocenters. The normalized spacial score (nSPS) is 11.7. The number of nitrogens with one attached hydrogen (secondary N) is 2. The van der Waals surface area contributed by atoms with Crippen LogP contribution in [0.4, 0.5) is 10.5 Å². The third-order valence-corrected chi connectivity index (χ3v) is 2.80. The second kappa shape index (κ2) is 6.36. The van der Waals surface area contributed by atoms with Gasteiger partial charge in [0.1, 0.15) is 0 Å². The van der Waals surface area contributed by atoms with Gasteiger partial charge in [-0.3, -0.25) is 0 Å². The SMILES string of the molecule is Cc1ccc(Br)c(NC(=O)NCC(O)C(=O)O)c1. The number of aliphatic carboxylic acids is 1. The largest absolute Gasteiger partial charge is 0.479 e. The van der Waals surface area contributed by atoms with Crippen LogP contribution >= 0.6 is 15.9 Å². The highest BCUT2D eigenvalue weighted by Gasteiger charge is 2.14. The quantitative estimate of drug-likeness (QED) is 0.673. The van der Waals surface area contributed by atoms with E-state index in [4.69, 9.17) is 10.2 Å². The molecule has 0 saturated heterocycles. The molecule has 2 amide bonds. The van der Waals surface area contributed by atoms with E-state index in [1.54, 1.807) is 12.1 Å². The van der Waals surface area contributed by atoms with E-state index in [0.717, 1.165) is 5.56 Å². The second-order valence-electron chi connectivity index (χ2n) is 3.67. The first-order valence-electron chi connectivity index (χ1n) is 5.12. The lowest BCUT2D eigenvalue weighted by Gasteiger charge is -2.11. The zero-order chi connectivity index (χ0) is 13.7. The fraction of sp³-hybridized carbons (Fsp3) is 0.273. The molecule has 1 aromatic rings. The molecule has 0 bridgehead atoms. The summed E-state index contributed by atoms with van der Waals surface area (Å²) in [4.78, 5) is 21.8. The summed E-state index contributed by atoms with van der Waals surface area (Å²) in [6, 6.07) is 4.84. The van der Waals surface area contributed by atoms with E-state index in [1.165, 1.54) is 0 Å². The molecule has 7 heteroatoms. The number of rotatable bonds is 4. The van der Waals surface area contributed by atoms with E-state index in [-0.39, 0.29) is 6.54 Å². The second-order valence-corrected chi connectivity index (χ2v) is 4.53. The van der Waals surface area contributed by atoms with E-state index in [0.29, 0.717) is 10.2 Å². The zero-order valence-corrected chi connectivity index (χ0v) is 11.2. The Morgan fingerprint density at radius 1 is 1.44 bits per heavy atom. The predicted octanol–water partition coefficient (Wildman–Crippen LogP) is 1.32. The molecule has 0 heterocycles. The van der Waals surface area contributed by atoms with Crippen LogP contribution in [0.5, 0.6) is 0 Å². The van der Waals surface area contributed by atoms with Crippen LogP contribution in [-0.4, -0.2) is 34.9 Å². The van der Waals surface area contributed by atoms with E-state index >= 15 is 0 Å². The Labute approximate surface area is 112 Å². The molecule has 0 aliphatic carbocycles. The number of hydrogen-bond donors (Lipinski definition) is 4. The number of aliphatic hydroxyl groups excluding tert-OH is 1. The van der Waals surface area contributed by atoms with Crippen molar-refractivity contribution < 1.29 is 19.8 Å². The number of urea groups is 1. The van der Waals surface area contributed by atoms with Crippen molar-refractivity contribution in [1.82, 2.24) is 5.32 Å². The van der Waals surface area contributed by atoms with Crippen LogP contribution in [-0.2, 0) is 4.79 Å². The number of amides is 2. The number of benzene rings is 1. The molecule has 0 fully saturated rings. The molecule has 0 aromatic heterocycles. The van der Waals surface area contributed by atoms with Crippen LogP contribution in [0, 0.1) is 6.92 Å². The Hall–Kier alpha value is -1.60. The molecule has 1 aromatic carbocycles. The van der Waals surface area contributed by atoms with Gasteiger partial charge in [0.15, 0.2) is 6.10 Å². The van der Waals surface area contributed by atoms with Gasteiger partial charge in [-0.2, -0.15) is 0 Å². The van der Waals surface area contributed by atoms with Gasteiger partial charge in [-0.1, -0.05) is 6.07 Å². The number of anilines is 1. The first-order chi connectivity index (χ1) is 8.40. The van der Waals surface area contributed by atoms with Crippen molar-refractivity contribution in [3.05, 3.63) is 28.2 Å². The van der Waals surface area contributed by atoms with Crippen LogP contribution in [0.15, 0.2) is 22.7 Å². The number of aliphatic hydroxyl groups is 1. The summed E-state index contributed by atoms with van der Waals surface area (Å²) in [5.41, 5.74) is 1.54. The lowest BCUT2D eigenvalue weighted by Crippen LogP contribution is -2.38. The molecule has 98 valence electrons. The third kappa shape index (κ3) is 4.34. The lowest BCUT2D eigenvalue weighted by molar-refractivity contribution is -0.146. The smallest absolute Gasteiger partial charge is 0.334 e. The minimum absolute atomic E-state index is 0.357. The minimum atomic E-state index is -1.61. The average Bonchev–Trinajstić information content (AvgIpc) is 2.30. The molecule has 0 saturated carbocycles. The van der Waals surface area contributed by atoms with Crippen LogP contribution in [0.25, 0.3) is 0 Å². The van der Waals surface area contributed by atoms with E-state index in [2.05, 4.69) is 26.6 Å². The number of carbonyl (C=O) groups is 2. The number of carboxylic acid groups (broad SMARTS) is 1. The van der Waals surface area contributed by atoms with Crippen molar-refractivity contribution in [3.63, 3.8) is 0 Å². The first kappa shape index (κ1) is 14.5. The minimum Gasteiger partial charge on any atom is -0.479 e. The van der Waals surface area contributed by atoms with Crippen molar-refractivity contribution >= 4 is 33.6 Å². The Bertz CT molecular complexity index is 464. The monoisotopic (exact) mass is 316 g/mol. The summed E-state index contributed by atoms with van der Waals surface area (Å²) in [5, 5.41) is 22.2. The van der Waals surface area contributed by atoms with Crippen LogP contribution in [0.3, 0.4) is 0 Å². The molecular weight excluding hydrogens is 304 g/mol. The van der Waals surface area contributed by atoms with E-state index in [9.17, 15) is 9.59 Å². The molecule has 0 spiro atoms. The summed E-state index contributed by atoms with van der Waals surface area (Å²) >= 11 is 3.28. The summed E-state index contributed by atoms with van der Waals surface area (Å²) in [6.07, 6.45) is -1.61. The zero-order valence-electron chi connectivity index (χ0n) is 9.61. The highest BCUT2D eigenvalue weighted by Crippen LogP contribution is 2.23. The van der Waals surface area contributed by atoms with Gasteiger partial charge >= 0.3 is 12.0 Å². The maximum Gasteiger partial charge on any atom is 0.334 e. The molecule has 1 atom stereocenters. The average molecular weight is 317 g/mol. The number of aryl methyl sites for hydroxylation is 1.